The molecule has 8 heavy (non-hydrogen) atoms. The highest BCUT2D eigenvalue weighted by molar-refractivity contribution is 6.09. The van der Waals surface area contributed by atoms with Gasteiger partial charge in [-0.1, -0.05) is 19.0 Å². The Labute approximate surface area is 51.5 Å². The van der Waals surface area contributed by atoms with E-state index in [2.05, 4.69) is 6.58 Å². The van der Waals surface area contributed by atoms with Gasteiger partial charge in [0.1, 0.15) is 5.76 Å². The highest BCUT2D eigenvalue weighted by Crippen LogP contribution is 1.92. The van der Waals surface area contributed by atoms with Crippen LogP contribution in [0.15, 0.2) is 24.5 Å². The topological polar surface area (TPSA) is 9.23 Å². The number of ether oxygens (including phenoxy) is 1. The van der Waals surface area contributed by atoms with E-state index in [9.17, 15) is 0 Å². The maximum absolute atomic E-state index is 5.15. The molecule has 2 radical (unpaired) electrons. The Morgan fingerprint density at radius 2 is 2.50 bits per heavy atom. The minimum absolute atomic E-state index is 0.530. The van der Waals surface area contributed by atoms with Gasteiger partial charge in [-0.25, -0.2) is 0 Å². The summed E-state index contributed by atoms with van der Waals surface area (Å²) in [5.41, 5.74) is 0. The van der Waals surface area contributed by atoms with Crippen molar-refractivity contribution in [2.45, 2.75) is 6.32 Å². The molecule has 0 amide bonds. The van der Waals surface area contributed by atoms with E-state index in [-0.39, 0.29) is 0 Å². The second kappa shape index (κ2) is 4.50. The molecule has 42 valence electrons. The molecule has 0 N–H and O–H groups in total. The van der Waals surface area contributed by atoms with Crippen LogP contribution in [-0.2, 0) is 4.74 Å². The van der Waals surface area contributed by atoms with Crippen LogP contribution in [-0.4, -0.2) is 15.0 Å². The summed E-state index contributed by atoms with van der Waals surface area (Å²) < 4.78 is 4.72. The largest absolute Gasteiger partial charge is 0.497 e. The standard InChI is InChI=1S/C6H9BO/c1-6(8-2)4-3-5-7/h3-4H,1,5H2,2H3/b4-3+. The van der Waals surface area contributed by atoms with E-state index in [1.54, 1.807) is 19.3 Å². The van der Waals surface area contributed by atoms with E-state index in [0.29, 0.717) is 12.1 Å². The molecule has 0 aliphatic rings. The van der Waals surface area contributed by atoms with Crippen molar-refractivity contribution in [3.05, 3.63) is 24.5 Å². The molecule has 0 saturated heterocycles. The van der Waals surface area contributed by atoms with Crippen molar-refractivity contribution >= 4 is 7.85 Å². The average molecular weight is 108 g/mol. The predicted octanol–water partition coefficient (Wildman–Crippen LogP) is 1.29. The smallest absolute Gasteiger partial charge is 0.111 e. The first-order valence-electron chi connectivity index (χ1n) is 2.40. The van der Waals surface area contributed by atoms with Crippen LogP contribution < -0.4 is 0 Å². The summed E-state index contributed by atoms with van der Waals surface area (Å²) >= 11 is 0. The normalized spacial score (nSPS) is 9.62. The van der Waals surface area contributed by atoms with Gasteiger partial charge in [0.15, 0.2) is 0 Å². The Balaban J connectivity index is 3.37. The van der Waals surface area contributed by atoms with Crippen LogP contribution in [0.4, 0.5) is 0 Å². The van der Waals surface area contributed by atoms with E-state index >= 15 is 0 Å². The Morgan fingerprint density at radius 1 is 1.88 bits per heavy atom. The lowest BCUT2D eigenvalue weighted by Gasteiger charge is -1.92. The molecule has 0 aromatic rings. The minimum atomic E-state index is 0.530. The van der Waals surface area contributed by atoms with Gasteiger partial charge in [-0.15, -0.1) is 0 Å². The molecule has 0 atom stereocenters. The molecular weight excluding hydrogens is 98.9 g/mol. The van der Waals surface area contributed by atoms with Crippen molar-refractivity contribution in [3.63, 3.8) is 0 Å². The number of hydrogen-bond acceptors (Lipinski definition) is 1. The van der Waals surface area contributed by atoms with Crippen LogP contribution >= 0.6 is 0 Å². The molecule has 0 heterocycles. The number of methoxy groups -OCH3 is 1. The highest BCUT2D eigenvalue weighted by atomic mass is 16.5. The van der Waals surface area contributed by atoms with E-state index in [0.717, 1.165) is 0 Å². The minimum Gasteiger partial charge on any atom is -0.497 e. The third-order valence-corrected chi connectivity index (χ3v) is 0.702. The van der Waals surface area contributed by atoms with Gasteiger partial charge in [0.25, 0.3) is 0 Å². The van der Waals surface area contributed by atoms with Gasteiger partial charge < -0.3 is 4.74 Å². The summed E-state index contributed by atoms with van der Waals surface area (Å²) in [6.07, 6.45) is 4.05. The van der Waals surface area contributed by atoms with Crippen LogP contribution in [0, 0.1) is 0 Å². The fourth-order valence-electron chi connectivity index (χ4n) is 0.268. The van der Waals surface area contributed by atoms with Gasteiger partial charge in [-0.2, -0.15) is 0 Å². The van der Waals surface area contributed by atoms with Gasteiger partial charge in [0.2, 0.25) is 0 Å². The van der Waals surface area contributed by atoms with Crippen molar-refractivity contribution in [1.82, 2.24) is 0 Å². The summed E-state index contributed by atoms with van der Waals surface area (Å²) in [6.45, 7) is 3.55. The van der Waals surface area contributed by atoms with Crippen LogP contribution in [0.2, 0.25) is 6.32 Å². The summed E-state index contributed by atoms with van der Waals surface area (Å²) in [5, 5.41) is 0. The quantitative estimate of drug-likeness (QED) is 0.300. The van der Waals surface area contributed by atoms with Gasteiger partial charge in [0.05, 0.1) is 15.0 Å². The van der Waals surface area contributed by atoms with Crippen molar-refractivity contribution in [1.29, 1.82) is 0 Å². The molecule has 0 fully saturated rings. The summed E-state index contributed by atoms with van der Waals surface area (Å²) in [5.74, 6) is 0.635. The Hall–Kier alpha value is -0.655. The molecule has 0 aromatic heterocycles. The Kier molecular flexibility index (Phi) is 4.13. The maximum atomic E-state index is 5.15. The van der Waals surface area contributed by atoms with Crippen LogP contribution in [0.25, 0.3) is 0 Å². The first-order valence-corrected chi connectivity index (χ1v) is 2.40. The fraction of sp³-hybridized carbons (Fsp3) is 0.333. The lowest BCUT2D eigenvalue weighted by Crippen LogP contribution is -1.75. The zero-order valence-electron chi connectivity index (χ0n) is 5.05. The molecule has 2 heteroatoms. The molecule has 1 nitrogen and oxygen atoms in total. The first kappa shape index (κ1) is 7.34. The Bertz CT molecular complexity index is 96.7. The molecule has 0 bridgehead atoms. The maximum Gasteiger partial charge on any atom is 0.111 e. The zero-order valence-corrected chi connectivity index (χ0v) is 5.05. The van der Waals surface area contributed by atoms with Crippen LogP contribution in [0.3, 0.4) is 0 Å². The third kappa shape index (κ3) is 3.53. The van der Waals surface area contributed by atoms with E-state index in [1.807, 2.05) is 0 Å². The third-order valence-electron chi connectivity index (χ3n) is 0.702. The van der Waals surface area contributed by atoms with Crippen molar-refractivity contribution in [2.75, 3.05) is 7.11 Å². The van der Waals surface area contributed by atoms with Gasteiger partial charge in [-0.05, 0) is 6.08 Å². The lowest BCUT2D eigenvalue weighted by atomic mass is 10.1. The molecule has 0 rings (SSSR count). The summed E-state index contributed by atoms with van der Waals surface area (Å²) in [7, 11) is 6.72. The van der Waals surface area contributed by atoms with Crippen molar-refractivity contribution in [3.8, 4) is 0 Å². The molecule has 0 unspecified atom stereocenters. The fourth-order valence-corrected chi connectivity index (χ4v) is 0.268. The second-order valence-electron chi connectivity index (χ2n) is 1.31. The molecule has 0 saturated carbocycles. The Morgan fingerprint density at radius 3 is 2.88 bits per heavy atom. The van der Waals surface area contributed by atoms with E-state index < -0.39 is 0 Å². The van der Waals surface area contributed by atoms with Crippen molar-refractivity contribution < 1.29 is 4.74 Å². The highest BCUT2D eigenvalue weighted by Gasteiger charge is 1.76. The van der Waals surface area contributed by atoms with Gasteiger partial charge in [-0.3, -0.25) is 0 Å². The number of allylic oxidation sites excluding steroid dienone is 2. The number of hydrogen-bond donors (Lipinski definition) is 0. The SMILES string of the molecule is [B]C/C=C/C(=C)OC. The zero-order chi connectivity index (χ0) is 6.41. The predicted molar refractivity (Wildman–Crippen MR) is 35.8 cm³/mol. The molecule has 0 aliphatic carbocycles. The molecule has 0 spiro atoms. The first-order chi connectivity index (χ1) is 3.81. The summed E-state index contributed by atoms with van der Waals surface area (Å²) in [4.78, 5) is 0. The average Bonchev–Trinajstić information content (AvgIpc) is 1.83. The molecule has 0 aromatic carbocycles. The van der Waals surface area contributed by atoms with Gasteiger partial charge in [0, 0.05) is 0 Å². The van der Waals surface area contributed by atoms with Crippen LogP contribution in [0.1, 0.15) is 0 Å². The van der Waals surface area contributed by atoms with Crippen molar-refractivity contribution in [2.24, 2.45) is 0 Å². The lowest BCUT2D eigenvalue weighted by molar-refractivity contribution is 0.309. The number of rotatable bonds is 3. The monoisotopic (exact) mass is 108 g/mol. The van der Waals surface area contributed by atoms with E-state index in [4.69, 9.17) is 12.6 Å². The molecule has 0 aliphatic heterocycles. The molecular formula is C6H9BO. The second-order valence-corrected chi connectivity index (χ2v) is 1.31. The van der Waals surface area contributed by atoms with Crippen LogP contribution in [0.5, 0.6) is 0 Å². The van der Waals surface area contributed by atoms with E-state index in [1.165, 1.54) is 0 Å². The summed E-state index contributed by atoms with van der Waals surface area (Å²) in [6, 6.07) is 0. The van der Waals surface area contributed by atoms with Gasteiger partial charge >= 0.3 is 0 Å².